The van der Waals surface area contributed by atoms with Crippen LogP contribution in [0.2, 0.25) is 0 Å². The van der Waals surface area contributed by atoms with Gasteiger partial charge in [-0.1, -0.05) is 6.92 Å². The molecule has 1 saturated heterocycles. The van der Waals surface area contributed by atoms with Crippen molar-refractivity contribution in [2.24, 2.45) is 5.92 Å². The van der Waals surface area contributed by atoms with Gasteiger partial charge in [-0.25, -0.2) is 4.79 Å². The van der Waals surface area contributed by atoms with E-state index in [1.165, 1.54) is 18.5 Å². The molecule has 2 fully saturated rings. The van der Waals surface area contributed by atoms with E-state index in [0.29, 0.717) is 12.0 Å². The number of nitrogens with zero attached hydrogens (tertiary/aromatic N) is 3. The summed E-state index contributed by atoms with van der Waals surface area (Å²) in [5.74, 6) is 0.715. The minimum Gasteiger partial charge on any atom is -0.370 e. The van der Waals surface area contributed by atoms with E-state index >= 15 is 0 Å². The zero-order valence-corrected chi connectivity index (χ0v) is 14.3. The third kappa shape index (κ3) is 4.15. The summed E-state index contributed by atoms with van der Waals surface area (Å²) < 4.78 is 0. The van der Waals surface area contributed by atoms with Crippen molar-refractivity contribution in [2.45, 2.75) is 45.6 Å². The highest BCUT2D eigenvalue weighted by atomic mass is 16.2. The minimum atomic E-state index is 0.122. The molecule has 0 unspecified atom stereocenters. The van der Waals surface area contributed by atoms with Crippen molar-refractivity contribution in [2.75, 3.05) is 31.1 Å². The van der Waals surface area contributed by atoms with E-state index in [2.05, 4.69) is 34.3 Å². The van der Waals surface area contributed by atoms with Crippen LogP contribution in [-0.4, -0.2) is 48.1 Å². The van der Waals surface area contributed by atoms with Gasteiger partial charge in [-0.2, -0.15) is 0 Å². The number of pyridine rings is 1. The van der Waals surface area contributed by atoms with E-state index in [0.717, 1.165) is 44.7 Å². The van der Waals surface area contributed by atoms with Crippen molar-refractivity contribution >= 4 is 11.7 Å². The average molecular weight is 316 g/mol. The minimum absolute atomic E-state index is 0.122. The van der Waals surface area contributed by atoms with E-state index in [1.54, 1.807) is 0 Å². The second kappa shape index (κ2) is 7.20. The number of hydrogen-bond donors (Lipinski definition) is 1. The van der Waals surface area contributed by atoms with Gasteiger partial charge in [0, 0.05) is 49.8 Å². The second-order valence-electron chi connectivity index (χ2n) is 6.78. The molecular weight excluding hydrogens is 288 g/mol. The molecule has 2 amide bonds. The van der Waals surface area contributed by atoms with Crippen LogP contribution in [0, 0.1) is 12.8 Å². The molecule has 1 atom stereocenters. The summed E-state index contributed by atoms with van der Waals surface area (Å²) in [7, 11) is 0. The maximum absolute atomic E-state index is 12.5. The highest BCUT2D eigenvalue weighted by molar-refractivity contribution is 5.74. The Balaban J connectivity index is 1.56. The lowest BCUT2D eigenvalue weighted by molar-refractivity contribution is 0.195. The van der Waals surface area contributed by atoms with Crippen molar-refractivity contribution in [3.05, 3.63) is 24.0 Å². The normalized spacial score (nSPS) is 20.1. The predicted octanol–water partition coefficient (Wildman–Crippen LogP) is 2.80. The summed E-state index contributed by atoms with van der Waals surface area (Å²) in [6.45, 7) is 7.69. The summed E-state index contributed by atoms with van der Waals surface area (Å²) in [5, 5.41) is 3.25. The summed E-state index contributed by atoms with van der Waals surface area (Å²) in [6.07, 6.45) is 6.45. The van der Waals surface area contributed by atoms with Crippen LogP contribution in [0.4, 0.5) is 10.5 Å². The molecule has 0 radical (unpaired) electrons. The van der Waals surface area contributed by atoms with Crippen molar-refractivity contribution in [1.82, 2.24) is 15.2 Å². The number of hydrogen-bond acceptors (Lipinski definition) is 3. The molecule has 1 aromatic rings. The first kappa shape index (κ1) is 16.1. The largest absolute Gasteiger partial charge is 0.370 e. The zero-order chi connectivity index (χ0) is 16.2. The molecule has 5 nitrogen and oxygen atoms in total. The topological polar surface area (TPSA) is 48.5 Å². The van der Waals surface area contributed by atoms with Gasteiger partial charge in [0.25, 0.3) is 0 Å². The number of urea groups is 1. The average Bonchev–Trinajstić information content (AvgIpc) is 3.38. The number of amides is 2. The van der Waals surface area contributed by atoms with Crippen molar-refractivity contribution in [3.8, 4) is 0 Å². The number of aromatic nitrogens is 1. The van der Waals surface area contributed by atoms with E-state index in [1.807, 2.05) is 18.0 Å². The molecular formula is C18H28N4O. The lowest BCUT2D eigenvalue weighted by Crippen LogP contribution is -2.46. The van der Waals surface area contributed by atoms with Gasteiger partial charge in [0.1, 0.15) is 0 Å². The monoisotopic (exact) mass is 316 g/mol. The number of carbonyl (C=O) groups is 1. The number of nitrogens with one attached hydrogen (secondary N) is 1. The molecule has 2 heterocycles. The first-order valence-corrected chi connectivity index (χ1v) is 8.90. The predicted molar refractivity (Wildman–Crippen MR) is 92.7 cm³/mol. The molecule has 1 aromatic heterocycles. The van der Waals surface area contributed by atoms with Crippen LogP contribution < -0.4 is 10.2 Å². The molecule has 1 aliphatic carbocycles. The standard InChI is InChI=1S/C18H28N4O/c1-3-17(15-5-6-15)20-18(23)22-10-4-9-21(11-12-22)16-7-8-19-14(2)13-16/h7-8,13,15,17H,3-6,9-12H2,1-2H3,(H,20,23)/t17-/m0/s1. The van der Waals surface area contributed by atoms with E-state index < -0.39 is 0 Å². The highest BCUT2D eigenvalue weighted by Crippen LogP contribution is 2.34. The number of aryl methyl sites for hydroxylation is 1. The summed E-state index contributed by atoms with van der Waals surface area (Å²) in [4.78, 5) is 21.1. The van der Waals surface area contributed by atoms with Gasteiger partial charge in [-0.15, -0.1) is 0 Å². The Labute approximate surface area is 139 Å². The summed E-state index contributed by atoms with van der Waals surface area (Å²) in [5.41, 5.74) is 2.25. The van der Waals surface area contributed by atoms with Crippen LogP contribution in [0.15, 0.2) is 18.3 Å². The number of anilines is 1. The molecule has 0 bridgehead atoms. The van der Waals surface area contributed by atoms with E-state index in [4.69, 9.17) is 0 Å². The highest BCUT2D eigenvalue weighted by Gasteiger charge is 2.32. The van der Waals surface area contributed by atoms with Crippen LogP contribution in [0.1, 0.15) is 38.3 Å². The van der Waals surface area contributed by atoms with E-state index in [-0.39, 0.29) is 6.03 Å². The molecule has 23 heavy (non-hydrogen) atoms. The fourth-order valence-corrected chi connectivity index (χ4v) is 3.41. The van der Waals surface area contributed by atoms with Crippen molar-refractivity contribution in [1.29, 1.82) is 0 Å². The molecule has 2 aliphatic rings. The summed E-state index contributed by atoms with van der Waals surface area (Å²) >= 11 is 0. The van der Waals surface area contributed by atoms with Gasteiger partial charge >= 0.3 is 6.03 Å². The van der Waals surface area contributed by atoms with Gasteiger partial charge in [-0.05, 0) is 50.7 Å². The third-order valence-electron chi connectivity index (χ3n) is 4.97. The molecule has 1 aliphatic heterocycles. The Hall–Kier alpha value is -1.78. The third-order valence-corrected chi connectivity index (χ3v) is 4.97. The van der Waals surface area contributed by atoms with Crippen LogP contribution in [0.25, 0.3) is 0 Å². The van der Waals surface area contributed by atoms with Crippen molar-refractivity contribution in [3.63, 3.8) is 0 Å². The number of rotatable bonds is 4. The van der Waals surface area contributed by atoms with E-state index in [9.17, 15) is 4.79 Å². The molecule has 126 valence electrons. The first-order valence-electron chi connectivity index (χ1n) is 8.90. The summed E-state index contributed by atoms with van der Waals surface area (Å²) in [6, 6.07) is 4.67. The van der Waals surface area contributed by atoms with Crippen LogP contribution in [0.5, 0.6) is 0 Å². The quantitative estimate of drug-likeness (QED) is 0.929. The SMILES string of the molecule is CC[C@H](NC(=O)N1CCCN(c2ccnc(C)c2)CC1)C1CC1. The van der Waals surface area contributed by atoms with Gasteiger partial charge < -0.3 is 15.1 Å². The molecule has 0 spiro atoms. The molecule has 1 saturated carbocycles. The Morgan fingerprint density at radius 3 is 2.87 bits per heavy atom. The lowest BCUT2D eigenvalue weighted by atomic mass is 10.1. The fraction of sp³-hybridized carbons (Fsp3) is 0.667. The number of carbonyl (C=O) groups excluding carboxylic acids is 1. The Morgan fingerprint density at radius 1 is 1.35 bits per heavy atom. The van der Waals surface area contributed by atoms with Crippen LogP contribution in [0.3, 0.4) is 0 Å². The fourth-order valence-electron chi connectivity index (χ4n) is 3.41. The smallest absolute Gasteiger partial charge is 0.317 e. The van der Waals surface area contributed by atoms with Gasteiger partial charge in [0.05, 0.1) is 0 Å². The first-order chi connectivity index (χ1) is 11.2. The zero-order valence-electron chi connectivity index (χ0n) is 14.3. The second-order valence-corrected chi connectivity index (χ2v) is 6.78. The maximum Gasteiger partial charge on any atom is 0.317 e. The van der Waals surface area contributed by atoms with Crippen LogP contribution in [-0.2, 0) is 0 Å². The maximum atomic E-state index is 12.5. The van der Waals surface area contributed by atoms with Gasteiger partial charge in [-0.3, -0.25) is 4.98 Å². The Morgan fingerprint density at radius 2 is 2.17 bits per heavy atom. The Bertz CT molecular complexity index is 544. The molecule has 0 aromatic carbocycles. The van der Waals surface area contributed by atoms with Gasteiger partial charge in [0.2, 0.25) is 0 Å². The lowest BCUT2D eigenvalue weighted by Gasteiger charge is -2.26. The molecule has 5 heteroatoms. The molecule has 3 rings (SSSR count). The van der Waals surface area contributed by atoms with Crippen LogP contribution >= 0.6 is 0 Å². The van der Waals surface area contributed by atoms with Crippen molar-refractivity contribution < 1.29 is 4.79 Å². The van der Waals surface area contributed by atoms with Gasteiger partial charge in [0.15, 0.2) is 0 Å². The Kier molecular flexibility index (Phi) is 5.03. The molecule has 1 N–H and O–H groups in total.